The van der Waals surface area contributed by atoms with Crippen LogP contribution in [0.2, 0.25) is 0 Å². The molecule has 1 aromatic rings. The number of nitrogens with zero attached hydrogens (tertiary/aromatic N) is 3. The number of anilines is 1. The van der Waals surface area contributed by atoms with Crippen molar-refractivity contribution in [3.8, 4) is 0 Å². The second kappa shape index (κ2) is 8.60. The van der Waals surface area contributed by atoms with Crippen LogP contribution >= 0.6 is 0 Å². The summed E-state index contributed by atoms with van der Waals surface area (Å²) in [6.45, 7) is 8.04. The molecule has 1 aliphatic carbocycles. The van der Waals surface area contributed by atoms with Gasteiger partial charge in [0.05, 0.1) is 0 Å². The quantitative estimate of drug-likeness (QED) is 0.424. The van der Waals surface area contributed by atoms with Crippen LogP contribution in [0.15, 0.2) is 30.0 Å². The zero-order chi connectivity index (χ0) is 19.4. The summed E-state index contributed by atoms with van der Waals surface area (Å²) in [4.78, 5) is 0. The summed E-state index contributed by atoms with van der Waals surface area (Å²) in [7, 11) is 4.75. The second-order valence-electron chi connectivity index (χ2n) is 8.48. The van der Waals surface area contributed by atoms with E-state index in [1.165, 1.54) is 67.5 Å². The lowest BCUT2D eigenvalue weighted by Crippen LogP contribution is -2.56. The Kier molecular flexibility index (Phi) is 6.41. The van der Waals surface area contributed by atoms with Crippen molar-refractivity contribution < 1.29 is 9.39 Å². The molecule has 1 heterocycles. The number of fused-ring (bicyclic) bond motifs is 1. The fraction of sp³-hybridized carbons (Fsp3) is 0.625. The molecule has 0 saturated heterocycles. The van der Waals surface area contributed by atoms with Crippen LogP contribution in [0.1, 0.15) is 76.8 Å². The summed E-state index contributed by atoms with van der Waals surface area (Å²) < 4.78 is 3.46. The maximum Gasteiger partial charge on any atom is 0.266 e. The van der Waals surface area contributed by atoms with Crippen LogP contribution in [0, 0.1) is 0 Å². The zero-order valence-corrected chi connectivity index (χ0v) is 18.2. The third-order valence-electron chi connectivity index (χ3n) is 6.05. The van der Waals surface area contributed by atoms with Crippen molar-refractivity contribution >= 4 is 11.4 Å². The molecule has 0 spiro atoms. The highest BCUT2D eigenvalue weighted by molar-refractivity contribution is 6.00. The van der Waals surface area contributed by atoms with E-state index in [2.05, 4.69) is 68.8 Å². The molecule has 0 atom stereocenters. The lowest BCUT2D eigenvalue weighted by atomic mass is 9.97. The van der Waals surface area contributed by atoms with E-state index < -0.39 is 0 Å². The van der Waals surface area contributed by atoms with Crippen LogP contribution < -0.4 is 5.01 Å². The van der Waals surface area contributed by atoms with E-state index in [1.807, 2.05) is 0 Å². The summed E-state index contributed by atoms with van der Waals surface area (Å²) in [6, 6.07) is 6.98. The number of benzene rings is 1. The van der Waals surface area contributed by atoms with Gasteiger partial charge in [0.2, 0.25) is 6.54 Å². The van der Waals surface area contributed by atoms with Gasteiger partial charge in [0, 0.05) is 12.8 Å². The molecule has 148 valence electrons. The van der Waals surface area contributed by atoms with Crippen molar-refractivity contribution in [2.75, 3.05) is 25.6 Å². The molecule has 3 rings (SSSR count). The number of allylic oxidation sites excluding steroid dienone is 2. The smallest absolute Gasteiger partial charge is 0.130 e. The number of para-hydroxylation sites is 1. The Morgan fingerprint density at radius 2 is 1.67 bits per heavy atom. The fourth-order valence-electron chi connectivity index (χ4n) is 4.80. The summed E-state index contributed by atoms with van der Waals surface area (Å²) in [5.41, 5.74) is 7.54. The van der Waals surface area contributed by atoms with E-state index in [9.17, 15) is 0 Å². The fourth-order valence-corrected chi connectivity index (χ4v) is 4.80. The predicted octanol–water partition coefficient (Wildman–Crippen LogP) is 5.64. The van der Waals surface area contributed by atoms with Gasteiger partial charge in [0.25, 0.3) is 5.71 Å². The van der Waals surface area contributed by atoms with E-state index >= 15 is 0 Å². The Balaban J connectivity index is 2.15. The molecular weight excluding hydrogens is 330 g/mol. The first-order chi connectivity index (χ1) is 13.1. The van der Waals surface area contributed by atoms with E-state index in [-0.39, 0.29) is 0 Å². The molecule has 3 heteroatoms. The third kappa shape index (κ3) is 3.71. The number of aryl methyl sites for hydroxylation is 2. The maximum atomic E-state index is 2.66. The number of unbranched alkanes of at least 4 members (excludes halogenated alkanes) is 1. The Hall–Kier alpha value is -1.61. The first-order valence-electron chi connectivity index (χ1n) is 11.2. The van der Waals surface area contributed by atoms with E-state index in [0.717, 1.165) is 24.1 Å². The molecule has 0 aromatic heterocycles. The van der Waals surface area contributed by atoms with Crippen LogP contribution in [0.3, 0.4) is 0 Å². The van der Waals surface area contributed by atoms with Gasteiger partial charge in [0.1, 0.15) is 19.8 Å². The lowest BCUT2D eigenvalue weighted by Gasteiger charge is -2.33. The number of hydrogen-bond acceptors (Lipinski definition) is 1. The summed E-state index contributed by atoms with van der Waals surface area (Å²) in [5.74, 6) is 0. The summed E-state index contributed by atoms with van der Waals surface area (Å²) in [5, 5.41) is 2.65. The summed E-state index contributed by atoms with van der Waals surface area (Å²) >= 11 is 0. The first-order valence-corrected chi connectivity index (χ1v) is 11.2. The van der Waals surface area contributed by atoms with Crippen LogP contribution in [0.25, 0.3) is 0 Å². The highest BCUT2D eigenvalue weighted by Crippen LogP contribution is 2.39. The van der Waals surface area contributed by atoms with Gasteiger partial charge in [-0.2, -0.15) is 0 Å². The second-order valence-corrected chi connectivity index (χ2v) is 8.48. The molecule has 27 heavy (non-hydrogen) atoms. The molecule has 1 aliphatic heterocycles. The minimum absolute atomic E-state index is 0.804. The van der Waals surface area contributed by atoms with E-state index in [1.54, 1.807) is 5.71 Å². The van der Waals surface area contributed by atoms with Crippen molar-refractivity contribution in [3.05, 3.63) is 41.1 Å². The van der Waals surface area contributed by atoms with Gasteiger partial charge in [-0.25, -0.2) is 0 Å². The van der Waals surface area contributed by atoms with Crippen molar-refractivity contribution in [1.82, 2.24) is 0 Å². The number of rotatable bonds is 8. The maximum absolute atomic E-state index is 2.66. The normalized spacial score (nSPS) is 18.7. The van der Waals surface area contributed by atoms with Crippen molar-refractivity contribution in [1.29, 1.82) is 0 Å². The molecule has 0 radical (unpaired) electrons. The molecule has 0 fully saturated rings. The molecule has 3 nitrogen and oxygen atoms in total. The SMILES string of the molecule is CCCC[N+]1=C2CCCC=C2N(c2c(CCC)cccc2CCC)[N+]1(C)C. The third-order valence-corrected chi connectivity index (χ3v) is 6.05. The number of quaternary nitrogens is 1. The molecule has 0 saturated carbocycles. The predicted molar refractivity (Wildman–Crippen MR) is 116 cm³/mol. The monoisotopic (exact) mass is 369 g/mol. The summed E-state index contributed by atoms with van der Waals surface area (Å²) in [6.07, 6.45) is 13.4. The molecule has 0 amide bonds. The molecular formula is C24H39N3+2. The largest absolute Gasteiger partial charge is 0.266 e. The Bertz CT molecular complexity index is 703. The minimum Gasteiger partial charge on any atom is -0.130 e. The van der Waals surface area contributed by atoms with Crippen LogP contribution in [-0.2, 0) is 12.8 Å². The van der Waals surface area contributed by atoms with Crippen molar-refractivity contribution in [2.24, 2.45) is 0 Å². The van der Waals surface area contributed by atoms with Crippen LogP contribution in [0.5, 0.6) is 0 Å². The molecule has 1 aromatic carbocycles. The van der Waals surface area contributed by atoms with Gasteiger partial charge < -0.3 is 0 Å². The van der Waals surface area contributed by atoms with E-state index in [0.29, 0.717) is 0 Å². The molecule has 2 aliphatic rings. The Labute approximate surface area is 166 Å². The van der Waals surface area contributed by atoms with Gasteiger partial charge in [0.15, 0.2) is 5.70 Å². The van der Waals surface area contributed by atoms with Gasteiger partial charge >= 0.3 is 0 Å². The van der Waals surface area contributed by atoms with Gasteiger partial charge in [-0.05, 0) is 58.7 Å². The topological polar surface area (TPSA) is 6.25 Å². The lowest BCUT2D eigenvalue weighted by molar-refractivity contribution is -1.31. The standard InChI is InChI=1S/C24H39N3/c1-6-9-19-25-22-17-10-11-18-23(22)26(27(25,4)5)24-20(13-7-2)15-12-16-21(24)14-8-3/h12,15-16,18H,6-11,13-14,17,19H2,1-5H3/q+2. The molecule has 0 N–H and O–H groups in total. The van der Waals surface area contributed by atoms with Crippen LogP contribution in [-0.4, -0.2) is 35.7 Å². The van der Waals surface area contributed by atoms with Crippen molar-refractivity contribution in [2.45, 2.75) is 78.6 Å². The highest BCUT2D eigenvalue weighted by atomic mass is 16.0. The Morgan fingerprint density at radius 1 is 1.00 bits per heavy atom. The zero-order valence-electron chi connectivity index (χ0n) is 18.2. The average molecular weight is 370 g/mol. The average Bonchev–Trinajstić information content (AvgIpc) is 2.87. The first kappa shape index (κ1) is 20.1. The van der Waals surface area contributed by atoms with Gasteiger partial charge in [-0.3, -0.25) is 0 Å². The molecule has 0 unspecified atom stereocenters. The van der Waals surface area contributed by atoms with Gasteiger partial charge in [-0.1, -0.05) is 51.8 Å². The van der Waals surface area contributed by atoms with Gasteiger partial charge in [-0.15, -0.1) is 5.01 Å². The highest BCUT2D eigenvalue weighted by Gasteiger charge is 2.53. The van der Waals surface area contributed by atoms with Crippen LogP contribution in [0.4, 0.5) is 5.69 Å². The number of hydrogen-bond donors (Lipinski definition) is 0. The minimum atomic E-state index is 0.804. The Morgan fingerprint density at radius 3 is 2.26 bits per heavy atom. The van der Waals surface area contributed by atoms with Crippen molar-refractivity contribution in [3.63, 3.8) is 0 Å². The molecule has 0 bridgehead atoms. The van der Waals surface area contributed by atoms with E-state index in [4.69, 9.17) is 0 Å².